The highest BCUT2D eigenvalue weighted by atomic mass is 19.4. The summed E-state index contributed by atoms with van der Waals surface area (Å²) >= 11 is 0. The first-order chi connectivity index (χ1) is 10.3. The summed E-state index contributed by atoms with van der Waals surface area (Å²) in [5, 5.41) is 3.06. The molecule has 6 nitrogen and oxygen atoms in total. The zero-order chi connectivity index (χ0) is 16.5. The van der Waals surface area contributed by atoms with Crippen molar-refractivity contribution < 1.29 is 32.0 Å². The summed E-state index contributed by atoms with van der Waals surface area (Å²) in [6.07, 6.45) is -4.88. The molecule has 22 heavy (non-hydrogen) atoms. The number of nitrogens with two attached hydrogens (primary N) is 1. The monoisotopic (exact) mass is 314 g/mol. The summed E-state index contributed by atoms with van der Waals surface area (Å²) in [7, 11) is 1.11. The van der Waals surface area contributed by atoms with Gasteiger partial charge in [-0.1, -0.05) is 23.4 Å². The highest BCUT2D eigenvalue weighted by Crippen LogP contribution is 2.35. The van der Waals surface area contributed by atoms with Gasteiger partial charge < -0.3 is 15.0 Å². The molecular formula is C13H9F3N2O4. The second kappa shape index (κ2) is 5.51. The first-order valence-corrected chi connectivity index (χ1v) is 5.81. The van der Waals surface area contributed by atoms with Gasteiger partial charge in [0, 0.05) is 5.56 Å². The van der Waals surface area contributed by atoms with Gasteiger partial charge in [0.05, 0.1) is 12.7 Å². The van der Waals surface area contributed by atoms with Crippen molar-refractivity contribution in [2.45, 2.75) is 6.18 Å². The van der Waals surface area contributed by atoms with Crippen LogP contribution in [0.2, 0.25) is 0 Å². The van der Waals surface area contributed by atoms with Crippen molar-refractivity contribution in [2.75, 3.05) is 12.8 Å². The van der Waals surface area contributed by atoms with Crippen molar-refractivity contribution in [3.8, 4) is 0 Å². The van der Waals surface area contributed by atoms with E-state index in [0.717, 1.165) is 7.11 Å². The van der Waals surface area contributed by atoms with Crippen LogP contribution in [0.5, 0.6) is 0 Å². The van der Waals surface area contributed by atoms with Crippen LogP contribution >= 0.6 is 0 Å². The maximum Gasteiger partial charge on any atom is 0.454 e. The average molecular weight is 314 g/mol. The van der Waals surface area contributed by atoms with Gasteiger partial charge in [-0.05, 0) is 6.07 Å². The Morgan fingerprint density at radius 3 is 2.32 bits per heavy atom. The Labute approximate surface area is 121 Å². The minimum atomic E-state index is -4.88. The molecule has 0 radical (unpaired) electrons. The third-order valence-corrected chi connectivity index (χ3v) is 2.78. The number of aromatic nitrogens is 1. The molecule has 9 heteroatoms. The molecule has 0 aliphatic rings. The van der Waals surface area contributed by atoms with Crippen LogP contribution in [0.1, 0.15) is 32.2 Å². The number of anilines is 1. The molecule has 0 saturated carbocycles. The number of benzene rings is 1. The van der Waals surface area contributed by atoms with E-state index in [1.54, 1.807) is 0 Å². The fourth-order valence-corrected chi connectivity index (χ4v) is 1.76. The van der Waals surface area contributed by atoms with E-state index in [-0.39, 0.29) is 11.1 Å². The summed E-state index contributed by atoms with van der Waals surface area (Å²) < 4.78 is 46.4. The van der Waals surface area contributed by atoms with Gasteiger partial charge in [-0.3, -0.25) is 4.79 Å². The third-order valence-electron chi connectivity index (χ3n) is 2.78. The fraction of sp³-hybridized carbons (Fsp3) is 0.154. The number of ether oxygens (including phenoxy) is 1. The Balaban J connectivity index is 2.51. The van der Waals surface area contributed by atoms with E-state index < -0.39 is 35.1 Å². The summed E-state index contributed by atoms with van der Waals surface area (Å²) in [4.78, 5) is 23.9. The van der Waals surface area contributed by atoms with Gasteiger partial charge in [0.1, 0.15) is 5.69 Å². The molecule has 0 bridgehead atoms. The maximum atomic E-state index is 12.6. The van der Waals surface area contributed by atoms with Crippen LogP contribution in [-0.4, -0.2) is 24.0 Å². The molecule has 2 N–H and O–H groups in total. The zero-order valence-electron chi connectivity index (χ0n) is 11.1. The lowest BCUT2D eigenvalue weighted by molar-refractivity contribution is -0.154. The molecule has 0 saturated heterocycles. The number of halogens is 3. The number of ketones is 1. The van der Waals surface area contributed by atoms with Gasteiger partial charge >= 0.3 is 12.1 Å². The van der Waals surface area contributed by atoms with Crippen LogP contribution < -0.4 is 5.73 Å². The number of hydrogen-bond acceptors (Lipinski definition) is 6. The lowest BCUT2D eigenvalue weighted by Gasteiger charge is -2.05. The van der Waals surface area contributed by atoms with Gasteiger partial charge in [-0.15, -0.1) is 0 Å². The predicted octanol–water partition coefficient (Wildman–Crippen LogP) is 2.29. The van der Waals surface area contributed by atoms with E-state index in [9.17, 15) is 22.8 Å². The first-order valence-electron chi connectivity index (χ1n) is 5.81. The summed E-state index contributed by atoms with van der Waals surface area (Å²) in [5.74, 6) is -3.36. The smallest absolute Gasteiger partial charge is 0.454 e. The van der Waals surface area contributed by atoms with Gasteiger partial charge in [0.15, 0.2) is 5.69 Å². The van der Waals surface area contributed by atoms with Crippen LogP contribution in [0.4, 0.5) is 18.9 Å². The molecule has 2 rings (SSSR count). The fourth-order valence-electron chi connectivity index (χ4n) is 1.76. The van der Waals surface area contributed by atoms with E-state index in [2.05, 4.69) is 14.4 Å². The Kier molecular flexibility index (Phi) is 3.89. The molecule has 1 heterocycles. The molecule has 1 aromatic heterocycles. The Morgan fingerprint density at radius 1 is 1.23 bits per heavy atom. The highest BCUT2D eigenvalue weighted by Gasteiger charge is 2.41. The van der Waals surface area contributed by atoms with Crippen LogP contribution in [0, 0.1) is 0 Å². The number of carbonyl (C=O) groups is 2. The number of hydrogen-bond donors (Lipinski definition) is 1. The van der Waals surface area contributed by atoms with Crippen molar-refractivity contribution in [3.05, 3.63) is 46.8 Å². The second-order valence-corrected chi connectivity index (χ2v) is 4.14. The topological polar surface area (TPSA) is 95.4 Å². The number of carbonyl (C=O) groups excluding carboxylic acids is 2. The van der Waals surface area contributed by atoms with E-state index in [4.69, 9.17) is 5.73 Å². The van der Waals surface area contributed by atoms with Gasteiger partial charge in [0.2, 0.25) is 5.78 Å². The minimum absolute atomic E-state index is 0.119. The lowest BCUT2D eigenvalue weighted by atomic mass is 10.0. The highest BCUT2D eigenvalue weighted by molar-refractivity contribution is 6.15. The maximum absolute atomic E-state index is 12.6. The molecule has 0 amide bonds. The molecular weight excluding hydrogens is 305 g/mol. The quantitative estimate of drug-likeness (QED) is 0.690. The Hall–Kier alpha value is -2.84. The number of rotatable bonds is 3. The molecule has 0 aliphatic heterocycles. The van der Waals surface area contributed by atoms with Crippen LogP contribution in [0.25, 0.3) is 0 Å². The molecule has 1 aromatic carbocycles. The normalized spacial score (nSPS) is 11.3. The van der Waals surface area contributed by atoms with Gasteiger partial charge in [-0.25, -0.2) is 4.79 Å². The number of nitrogens with zero attached hydrogens (tertiary/aromatic N) is 1. The predicted molar refractivity (Wildman–Crippen MR) is 67.1 cm³/mol. The standard InChI is InChI=1S/C13H9F3N2O4/c1-21-12(20)7-5-3-2-4-6(7)10(19)9-8(17)11(22-18-9)13(14,15)16/h2-5H,17H2,1H3. The molecule has 0 fully saturated rings. The zero-order valence-corrected chi connectivity index (χ0v) is 11.1. The summed E-state index contributed by atoms with van der Waals surface area (Å²) in [6.45, 7) is 0. The van der Waals surface area contributed by atoms with E-state index in [0.29, 0.717) is 0 Å². The number of alkyl halides is 3. The summed E-state index contributed by atoms with van der Waals surface area (Å²) in [5.41, 5.74) is 3.31. The third kappa shape index (κ3) is 2.65. The molecule has 0 atom stereocenters. The van der Waals surface area contributed by atoms with Crippen LogP contribution in [0.15, 0.2) is 28.8 Å². The van der Waals surface area contributed by atoms with Crippen molar-refractivity contribution in [1.82, 2.24) is 5.16 Å². The second-order valence-electron chi connectivity index (χ2n) is 4.14. The van der Waals surface area contributed by atoms with E-state index in [1.807, 2.05) is 0 Å². The van der Waals surface area contributed by atoms with Crippen molar-refractivity contribution in [1.29, 1.82) is 0 Å². The SMILES string of the molecule is COC(=O)c1ccccc1C(=O)c1noc(C(F)(F)F)c1N. The summed E-state index contributed by atoms with van der Waals surface area (Å²) in [6, 6.07) is 5.44. The largest absolute Gasteiger partial charge is 0.465 e. The Morgan fingerprint density at radius 2 is 1.82 bits per heavy atom. The molecule has 2 aromatic rings. The number of nitrogen functional groups attached to an aromatic ring is 1. The molecule has 0 aliphatic carbocycles. The molecule has 116 valence electrons. The lowest BCUT2D eigenvalue weighted by Crippen LogP contribution is -2.13. The minimum Gasteiger partial charge on any atom is -0.465 e. The molecule has 0 spiro atoms. The average Bonchev–Trinajstić information content (AvgIpc) is 2.87. The van der Waals surface area contributed by atoms with Crippen molar-refractivity contribution in [2.24, 2.45) is 0 Å². The van der Waals surface area contributed by atoms with E-state index in [1.165, 1.54) is 24.3 Å². The first kappa shape index (κ1) is 15.5. The molecule has 0 unspecified atom stereocenters. The van der Waals surface area contributed by atoms with Gasteiger partial charge in [0.25, 0.3) is 5.76 Å². The van der Waals surface area contributed by atoms with Crippen molar-refractivity contribution >= 4 is 17.4 Å². The van der Waals surface area contributed by atoms with Crippen LogP contribution in [0.3, 0.4) is 0 Å². The van der Waals surface area contributed by atoms with Gasteiger partial charge in [-0.2, -0.15) is 13.2 Å². The van der Waals surface area contributed by atoms with Crippen LogP contribution in [-0.2, 0) is 10.9 Å². The van der Waals surface area contributed by atoms with E-state index >= 15 is 0 Å². The number of methoxy groups -OCH3 is 1. The van der Waals surface area contributed by atoms with Crippen molar-refractivity contribution in [3.63, 3.8) is 0 Å². The number of esters is 1. The Bertz CT molecular complexity index is 737.